The fourth-order valence-electron chi connectivity index (χ4n) is 6.02. The summed E-state index contributed by atoms with van der Waals surface area (Å²) in [7, 11) is 1.28. The highest BCUT2D eigenvalue weighted by molar-refractivity contribution is 7.45. The number of likely N-dealkylation sites (N-methyl/N-ethyl adjacent to an activating group) is 1. The van der Waals surface area contributed by atoms with Crippen molar-refractivity contribution in [2.24, 2.45) is 0 Å². The van der Waals surface area contributed by atoms with Crippen LogP contribution in [0.3, 0.4) is 0 Å². The van der Waals surface area contributed by atoms with E-state index in [4.69, 9.17) is 9.05 Å². The molecule has 0 bridgehead atoms. The summed E-state index contributed by atoms with van der Waals surface area (Å²) >= 11 is 0. The average molecular weight is 831 g/mol. The molecule has 0 heterocycles. The number of quaternary nitrogens is 1. The first-order valence-electron chi connectivity index (χ1n) is 22.9. The summed E-state index contributed by atoms with van der Waals surface area (Å²) in [5, 5.41) is 13.8. The Morgan fingerprint density at radius 1 is 0.621 bits per heavy atom. The van der Waals surface area contributed by atoms with Crippen molar-refractivity contribution in [3.05, 3.63) is 85.1 Å². The SMILES string of the molecule is CC/C=C\C/C=C\C/C=C\C/C=C\C/C=C\C/C=C\C/C=C\CCCCCCCCCC(=O)NC(COP(=O)([O-])OCC[N+](C)(C)C)C(O)CCCCCCCCC. The first-order valence-corrected chi connectivity index (χ1v) is 24.4. The third kappa shape index (κ3) is 41.8. The van der Waals surface area contributed by atoms with Crippen LogP contribution in [-0.2, 0) is 18.4 Å². The Kier molecular flexibility index (Phi) is 38.5. The molecule has 3 unspecified atom stereocenters. The highest BCUT2D eigenvalue weighted by Crippen LogP contribution is 2.38. The van der Waals surface area contributed by atoms with Gasteiger partial charge in [0.15, 0.2) is 0 Å². The number of rotatable bonds is 40. The molecule has 2 N–H and O–H groups in total. The van der Waals surface area contributed by atoms with E-state index in [0.29, 0.717) is 23.9 Å². The Bertz CT molecular complexity index is 1220. The van der Waals surface area contributed by atoms with Gasteiger partial charge in [0.05, 0.1) is 39.9 Å². The van der Waals surface area contributed by atoms with E-state index in [9.17, 15) is 19.4 Å². The van der Waals surface area contributed by atoms with E-state index < -0.39 is 20.0 Å². The summed E-state index contributed by atoms with van der Waals surface area (Å²) in [5.74, 6) is -0.185. The smallest absolute Gasteiger partial charge is 0.268 e. The van der Waals surface area contributed by atoms with Gasteiger partial charge in [-0.3, -0.25) is 9.36 Å². The largest absolute Gasteiger partial charge is 0.756 e. The predicted molar refractivity (Wildman–Crippen MR) is 246 cm³/mol. The van der Waals surface area contributed by atoms with Crippen LogP contribution in [-0.4, -0.2) is 68.5 Å². The van der Waals surface area contributed by atoms with E-state index in [-0.39, 0.29) is 19.1 Å². The van der Waals surface area contributed by atoms with E-state index in [1.807, 2.05) is 21.1 Å². The molecular weight excluding hydrogens is 744 g/mol. The van der Waals surface area contributed by atoms with Gasteiger partial charge in [-0.2, -0.15) is 0 Å². The van der Waals surface area contributed by atoms with E-state index >= 15 is 0 Å². The van der Waals surface area contributed by atoms with Crippen molar-refractivity contribution in [1.82, 2.24) is 5.32 Å². The molecule has 0 radical (unpaired) electrons. The number of carbonyl (C=O) groups is 1. The molecule has 0 aliphatic heterocycles. The molecule has 8 nitrogen and oxygen atoms in total. The Morgan fingerprint density at radius 3 is 1.53 bits per heavy atom. The van der Waals surface area contributed by atoms with Crippen molar-refractivity contribution < 1.29 is 32.9 Å². The van der Waals surface area contributed by atoms with Gasteiger partial charge in [0.1, 0.15) is 13.2 Å². The van der Waals surface area contributed by atoms with Crippen LogP contribution in [0.5, 0.6) is 0 Å². The van der Waals surface area contributed by atoms with Crippen molar-refractivity contribution in [2.75, 3.05) is 40.9 Å². The maximum absolute atomic E-state index is 12.8. The van der Waals surface area contributed by atoms with Crippen LogP contribution < -0.4 is 10.2 Å². The second-order valence-electron chi connectivity index (χ2n) is 16.4. The van der Waals surface area contributed by atoms with Gasteiger partial charge >= 0.3 is 0 Å². The first kappa shape index (κ1) is 55.7. The van der Waals surface area contributed by atoms with Gasteiger partial charge < -0.3 is 28.8 Å². The summed E-state index contributed by atoms with van der Waals surface area (Å²) < 4.78 is 23.1. The molecule has 1 amide bonds. The highest BCUT2D eigenvalue weighted by atomic mass is 31.2. The summed E-state index contributed by atoms with van der Waals surface area (Å²) in [4.78, 5) is 25.2. The highest BCUT2D eigenvalue weighted by Gasteiger charge is 2.24. The summed E-state index contributed by atoms with van der Waals surface area (Å²) in [6.45, 7) is 4.52. The van der Waals surface area contributed by atoms with Crippen molar-refractivity contribution >= 4 is 13.7 Å². The molecule has 0 spiro atoms. The Labute approximate surface area is 356 Å². The van der Waals surface area contributed by atoms with Crippen LogP contribution in [0.2, 0.25) is 0 Å². The lowest BCUT2D eigenvalue weighted by Crippen LogP contribution is -2.46. The molecule has 58 heavy (non-hydrogen) atoms. The van der Waals surface area contributed by atoms with Gasteiger partial charge in [0, 0.05) is 6.42 Å². The number of phosphoric acid groups is 1. The number of aliphatic hydroxyl groups excluding tert-OH is 1. The van der Waals surface area contributed by atoms with Crippen molar-refractivity contribution in [2.45, 2.75) is 180 Å². The zero-order valence-electron chi connectivity index (χ0n) is 37.7. The molecular formula is C49H87N2O6P. The number of hydrogen-bond donors (Lipinski definition) is 2. The van der Waals surface area contributed by atoms with E-state index in [0.717, 1.165) is 96.3 Å². The normalized spacial score (nSPS) is 15.1. The zero-order chi connectivity index (χ0) is 42.8. The molecule has 0 saturated carbocycles. The van der Waals surface area contributed by atoms with E-state index in [2.05, 4.69) is 104 Å². The number of carbonyl (C=O) groups excluding carboxylic acids is 1. The van der Waals surface area contributed by atoms with Crippen LogP contribution in [0.25, 0.3) is 0 Å². The van der Waals surface area contributed by atoms with Gasteiger partial charge in [-0.25, -0.2) is 0 Å². The molecule has 334 valence electrons. The van der Waals surface area contributed by atoms with Crippen LogP contribution in [0.1, 0.15) is 168 Å². The van der Waals surface area contributed by atoms with Crippen LogP contribution in [0, 0.1) is 0 Å². The second kappa shape index (κ2) is 40.1. The van der Waals surface area contributed by atoms with E-state index in [1.165, 1.54) is 44.9 Å². The minimum absolute atomic E-state index is 0.00463. The van der Waals surface area contributed by atoms with Crippen molar-refractivity contribution in [3.63, 3.8) is 0 Å². The fraction of sp³-hybridized carbons (Fsp3) is 0.694. The van der Waals surface area contributed by atoms with Crippen LogP contribution >= 0.6 is 7.82 Å². The Hall–Kier alpha value is -2.32. The van der Waals surface area contributed by atoms with E-state index in [1.54, 1.807) is 0 Å². The van der Waals surface area contributed by atoms with Gasteiger partial charge in [-0.05, 0) is 70.6 Å². The Balaban J connectivity index is 4.14. The van der Waals surface area contributed by atoms with Gasteiger partial charge in [0.25, 0.3) is 7.82 Å². The Morgan fingerprint density at radius 2 is 1.05 bits per heavy atom. The lowest BCUT2D eigenvalue weighted by atomic mass is 10.0. The lowest BCUT2D eigenvalue weighted by Gasteiger charge is -2.30. The third-order valence-corrected chi connectivity index (χ3v) is 10.6. The number of aliphatic hydroxyl groups is 1. The maximum atomic E-state index is 12.8. The predicted octanol–water partition coefficient (Wildman–Crippen LogP) is 12.3. The van der Waals surface area contributed by atoms with Crippen molar-refractivity contribution in [3.8, 4) is 0 Å². The van der Waals surface area contributed by atoms with Crippen molar-refractivity contribution in [1.29, 1.82) is 0 Å². The zero-order valence-corrected chi connectivity index (χ0v) is 38.6. The standard InChI is InChI=1S/C49H87N2O6P/c1-6-8-10-12-14-15-16-17-18-19-20-21-22-23-24-25-26-27-28-29-30-31-32-33-34-35-37-39-41-43-49(53)50-47(48(52)42-40-38-36-13-11-9-7-2)46-57-58(54,55)56-45-44-51(3,4)5/h8,10,14-15,17-18,20-21,23-24,26-27,29-30,47-48,52H,6-7,9,11-13,16,19,22,25,28,31-46H2,1-5H3,(H-,50,53,54,55)/b10-8-,15-14-,18-17-,21-20-,24-23-,27-26-,30-29-. The molecule has 0 rings (SSSR count). The molecule has 0 saturated heterocycles. The van der Waals surface area contributed by atoms with Gasteiger partial charge in [-0.15, -0.1) is 0 Å². The minimum atomic E-state index is -4.56. The first-order chi connectivity index (χ1) is 28.0. The molecule has 0 fully saturated rings. The number of unbranched alkanes of at least 4 members (excludes halogenated alkanes) is 13. The number of phosphoric ester groups is 1. The summed E-state index contributed by atoms with van der Waals surface area (Å²) in [5.41, 5.74) is 0. The lowest BCUT2D eigenvalue weighted by molar-refractivity contribution is -0.870. The topological polar surface area (TPSA) is 108 Å². The maximum Gasteiger partial charge on any atom is 0.268 e. The monoisotopic (exact) mass is 831 g/mol. The van der Waals surface area contributed by atoms with Crippen LogP contribution in [0.4, 0.5) is 0 Å². The molecule has 3 atom stereocenters. The summed E-state index contributed by atoms with van der Waals surface area (Å²) in [6, 6.07) is -0.809. The second-order valence-corrected chi connectivity index (χ2v) is 17.8. The molecule has 0 aliphatic carbocycles. The minimum Gasteiger partial charge on any atom is -0.756 e. The van der Waals surface area contributed by atoms with Crippen LogP contribution in [0.15, 0.2) is 85.1 Å². The number of allylic oxidation sites excluding steroid dienone is 14. The van der Waals surface area contributed by atoms with Gasteiger partial charge in [0.2, 0.25) is 5.91 Å². The number of nitrogens with one attached hydrogen (secondary N) is 1. The van der Waals surface area contributed by atoms with Gasteiger partial charge in [-0.1, -0.05) is 176 Å². The quantitative estimate of drug-likeness (QED) is 0.0276. The molecule has 0 aliphatic rings. The molecule has 0 aromatic rings. The average Bonchev–Trinajstić information content (AvgIpc) is 3.17. The molecule has 0 aromatic carbocycles. The number of nitrogens with zero attached hydrogens (tertiary/aromatic N) is 1. The third-order valence-electron chi connectivity index (χ3n) is 9.65. The number of hydrogen-bond acceptors (Lipinski definition) is 6. The number of amides is 1. The summed E-state index contributed by atoms with van der Waals surface area (Å²) in [6.07, 6.45) is 54.7. The fourth-order valence-corrected chi connectivity index (χ4v) is 6.74. The molecule has 0 aromatic heterocycles. The molecule has 9 heteroatoms.